The van der Waals surface area contributed by atoms with Crippen LogP contribution in [0.15, 0.2) is 24.3 Å². The number of hydrogen-bond donors (Lipinski definition) is 0. The number of likely N-dealkylation sites (N-methyl/N-ethyl adjacent to an activating group) is 3. The van der Waals surface area contributed by atoms with Crippen molar-refractivity contribution in [1.29, 1.82) is 0 Å². The van der Waals surface area contributed by atoms with E-state index in [0.29, 0.717) is 12.1 Å². The van der Waals surface area contributed by atoms with Crippen LogP contribution in [-0.2, 0) is 6.42 Å². The number of nitro benzene ring substituents is 1. The van der Waals surface area contributed by atoms with Crippen molar-refractivity contribution in [3.05, 3.63) is 39.9 Å². The third kappa shape index (κ3) is 7.56. The summed E-state index contributed by atoms with van der Waals surface area (Å²) in [5.41, 5.74) is 1.31. The van der Waals surface area contributed by atoms with Crippen molar-refractivity contribution in [2.24, 2.45) is 0 Å². The molecule has 0 unspecified atom stereocenters. The lowest BCUT2D eigenvalue weighted by molar-refractivity contribution is -0.384. The van der Waals surface area contributed by atoms with E-state index in [0.717, 1.165) is 51.3 Å². The minimum Gasteiger partial charge on any atom is -0.302 e. The van der Waals surface area contributed by atoms with E-state index in [1.165, 1.54) is 0 Å². The number of rotatable bonds is 13. The van der Waals surface area contributed by atoms with Gasteiger partial charge in [0.15, 0.2) is 0 Å². The molecular weight excluding hydrogens is 340 g/mol. The van der Waals surface area contributed by atoms with Crippen LogP contribution in [0.25, 0.3) is 0 Å². The molecule has 0 saturated carbocycles. The second-order valence-electron chi connectivity index (χ2n) is 7.27. The molecule has 0 N–H and O–H groups in total. The van der Waals surface area contributed by atoms with E-state index in [1.807, 2.05) is 12.1 Å². The van der Waals surface area contributed by atoms with Gasteiger partial charge in [0.05, 0.1) is 4.92 Å². The first-order valence-electron chi connectivity index (χ1n) is 10.3. The zero-order chi connectivity index (χ0) is 20.4. The highest BCUT2D eigenvalue weighted by Gasteiger charge is 2.23. The Bertz CT molecular complexity index is 542. The molecule has 0 saturated heterocycles. The summed E-state index contributed by atoms with van der Waals surface area (Å²) in [7, 11) is 2.22. The van der Waals surface area contributed by atoms with E-state index >= 15 is 0 Å². The van der Waals surface area contributed by atoms with E-state index in [9.17, 15) is 10.1 Å². The van der Waals surface area contributed by atoms with Gasteiger partial charge < -0.3 is 9.80 Å². The molecule has 0 spiro atoms. The van der Waals surface area contributed by atoms with Gasteiger partial charge in [-0.15, -0.1) is 0 Å². The largest absolute Gasteiger partial charge is 0.302 e. The average molecular weight is 379 g/mol. The fourth-order valence-electron chi connectivity index (χ4n) is 3.49. The smallest absolute Gasteiger partial charge is 0.269 e. The van der Waals surface area contributed by atoms with Crippen molar-refractivity contribution in [2.75, 3.05) is 46.3 Å². The third-order valence-electron chi connectivity index (χ3n) is 5.67. The van der Waals surface area contributed by atoms with Crippen LogP contribution >= 0.6 is 0 Å². The maximum atomic E-state index is 10.9. The summed E-state index contributed by atoms with van der Waals surface area (Å²) in [6.07, 6.45) is 0.896. The number of nitrogens with zero attached hydrogens (tertiary/aromatic N) is 4. The Morgan fingerprint density at radius 3 is 1.85 bits per heavy atom. The van der Waals surface area contributed by atoms with Gasteiger partial charge >= 0.3 is 0 Å². The molecule has 0 amide bonds. The van der Waals surface area contributed by atoms with Crippen molar-refractivity contribution in [3.8, 4) is 0 Å². The lowest BCUT2D eigenvalue weighted by Gasteiger charge is -2.38. The van der Waals surface area contributed by atoms with E-state index < -0.39 is 0 Å². The molecule has 0 aliphatic heterocycles. The first-order valence-corrected chi connectivity index (χ1v) is 10.3. The molecule has 1 aromatic carbocycles. The van der Waals surface area contributed by atoms with Crippen LogP contribution in [0.3, 0.4) is 0 Å². The molecule has 1 rings (SSSR count). The molecule has 2 atom stereocenters. The fourth-order valence-corrected chi connectivity index (χ4v) is 3.49. The highest BCUT2D eigenvalue weighted by molar-refractivity contribution is 5.33. The molecule has 0 bridgehead atoms. The summed E-state index contributed by atoms with van der Waals surface area (Å²) in [4.78, 5) is 18.0. The second-order valence-corrected chi connectivity index (χ2v) is 7.27. The minimum atomic E-state index is -0.338. The molecule has 0 aromatic heterocycles. The summed E-state index contributed by atoms with van der Waals surface area (Å²) >= 11 is 0. The number of nitro groups is 1. The SMILES string of the molecule is CCN(CC)C[C@H](Cc1ccc([N+](=O)[O-])cc1)N(C)[C@H](C)CN(CC)CC. The minimum absolute atomic E-state index is 0.155. The van der Waals surface area contributed by atoms with Crippen LogP contribution in [0.5, 0.6) is 0 Å². The topological polar surface area (TPSA) is 52.9 Å². The zero-order valence-corrected chi connectivity index (χ0v) is 18.0. The van der Waals surface area contributed by atoms with Crippen molar-refractivity contribution in [3.63, 3.8) is 0 Å². The van der Waals surface area contributed by atoms with Gasteiger partial charge in [-0.25, -0.2) is 0 Å². The molecule has 0 aliphatic carbocycles. The average Bonchev–Trinajstić information content (AvgIpc) is 2.68. The number of benzene rings is 1. The molecule has 27 heavy (non-hydrogen) atoms. The van der Waals surface area contributed by atoms with Gasteiger partial charge in [-0.3, -0.25) is 15.0 Å². The number of non-ortho nitro benzene ring substituents is 1. The van der Waals surface area contributed by atoms with Crippen LogP contribution in [0, 0.1) is 10.1 Å². The predicted molar refractivity (Wildman–Crippen MR) is 113 cm³/mol. The molecule has 0 fully saturated rings. The predicted octanol–water partition coefficient (Wildman–Crippen LogP) is 3.51. The summed E-state index contributed by atoms with van der Waals surface area (Å²) in [6.45, 7) is 17.4. The van der Waals surface area contributed by atoms with Crippen molar-refractivity contribution >= 4 is 5.69 Å². The Balaban J connectivity index is 2.92. The zero-order valence-electron chi connectivity index (χ0n) is 18.0. The van der Waals surface area contributed by atoms with Gasteiger partial charge in [0, 0.05) is 37.3 Å². The van der Waals surface area contributed by atoms with E-state index in [4.69, 9.17) is 0 Å². The Hall–Kier alpha value is -1.50. The normalized spacial score (nSPS) is 14.1. The van der Waals surface area contributed by atoms with Crippen LogP contribution in [-0.4, -0.2) is 78.0 Å². The Kier molecular flexibility index (Phi) is 10.5. The van der Waals surface area contributed by atoms with Gasteiger partial charge in [0.2, 0.25) is 0 Å². The quantitative estimate of drug-likeness (QED) is 0.388. The molecule has 154 valence electrons. The highest BCUT2D eigenvalue weighted by Crippen LogP contribution is 2.17. The summed E-state index contributed by atoms with van der Waals surface area (Å²) in [6, 6.07) is 7.85. The molecule has 0 radical (unpaired) electrons. The third-order valence-corrected chi connectivity index (χ3v) is 5.67. The lowest BCUT2D eigenvalue weighted by atomic mass is 10.0. The van der Waals surface area contributed by atoms with Gasteiger partial charge in [-0.05, 0) is 52.1 Å². The molecule has 0 heterocycles. The summed E-state index contributed by atoms with van der Waals surface area (Å²) in [5, 5.41) is 10.9. The molecular formula is C21H38N4O2. The van der Waals surface area contributed by atoms with Crippen molar-refractivity contribution in [1.82, 2.24) is 14.7 Å². The first kappa shape index (κ1) is 23.5. The highest BCUT2D eigenvalue weighted by atomic mass is 16.6. The van der Waals surface area contributed by atoms with Crippen LogP contribution < -0.4 is 0 Å². The summed E-state index contributed by atoms with van der Waals surface area (Å²) in [5.74, 6) is 0. The fraction of sp³-hybridized carbons (Fsp3) is 0.714. The standard InChI is InChI=1S/C21H38N4O2/c1-7-23(8-2)16-18(5)22(6)21(17-24(9-3)10-4)15-19-11-13-20(14-12-19)25(26)27/h11-14,18,21H,7-10,15-17H2,1-6H3/t18-,21+/m1/s1. The van der Waals surface area contributed by atoms with E-state index in [-0.39, 0.29) is 10.6 Å². The van der Waals surface area contributed by atoms with Crippen molar-refractivity contribution in [2.45, 2.75) is 53.1 Å². The van der Waals surface area contributed by atoms with E-state index in [2.05, 4.69) is 56.4 Å². The van der Waals surface area contributed by atoms with Crippen LogP contribution in [0.1, 0.15) is 40.2 Å². The van der Waals surface area contributed by atoms with Gasteiger partial charge in [-0.1, -0.05) is 39.8 Å². The van der Waals surface area contributed by atoms with Gasteiger partial charge in [0.1, 0.15) is 0 Å². The molecule has 6 heteroatoms. The van der Waals surface area contributed by atoms with Gasteiger partial charge in [0.25, 0.3) is 5.69 Å². The molecule has 0 aliphatic rings. The molecule has 6 nitrogen and oxygen atoms in total. The van der Waals surface area contributed by atoms with Crippen molar-refractivity contribution < 1.29 is 4.92 Å². The second kappa shape index (κ2) is 12.1. The molecule has 1 aromatic rings. The lowest BCUT2D eigenvalue weighted by Crippen LogP contribution is -2.50. The maximum Gasteiger partial charge on any atom is 0.269 e. The Labute approximate surface area is 165 Å². The van der Waals surface area contributed by atoms with Crippen LogP contribution in [0.2, 0.25) is 0 Å². The van der Waals surface area contributed by atoms with Crippen LogP contribution in [0.4, 0.5) is 5.69 Å². The Morgan fingerprint density at radius 2 is 1.41 bits per heavy atom. The van der Waals surface area contributed by atoms with Gasteiger partial charge in [-0.2, -0.15) is 0 Å². The first-order chi connectivity index (χ1) is 12.9. The number of hydrogen-bond acceptors (Lipinski definition) is 5. The monoisotopic (exact) mass is 378 g/mol. The maximum absolute atomic E-state index is 10.9. The van der Waals surface area contributed by atoms with E-state index in [1.54, 1.807) is 12.1 Å². The Morgan fingerprint density at radius 1 is 0.926 bits per heavy atom. The summed E-state index contributed by atoms with van der Waals surface area (Å²) < 4.78 is 0.